The van der Waals surface area contributed by atoms with Gasteiger partial charge in [0.25, 0.3) is 0 Å². The fraction of sp³-hybridized carbons (Fsp3) is 0.216. The van der Waals surface area contributed by atoms with Crippen LogP contribution in [0.5, 0.6) is 0 Å². The molecule has 0 N–H and O–H groups in total. The van der Waals surface area contributed by atoms with E-state index in [1.165, 1.54) is 127 Å². The molecule has 2 aliphatic rings. The van der Waals surface area contributed by atoms with Crippen LogP contribution in [-0.4, -0.2) is 26.2 Å². The second kappa shape index (κ2) is 14.4. The quantitative estimate of drug-likeness (QED) is 0.121. The molecule has 2 heterocycles. The number of benzene rings is 7. The summed E-state index contributed by atoms with van der Waals surface area (Å²) in [6, 6.07) is 46.5. The molecule has 2 saturated heterocycles. The van der Waals surface area contributed by atoms with Crippen molar-refractivity contribution in [3.05, 3.63) is 151 Å². The van der Waals surface area contributed by atoms with Gasteiger partial charge in [-0.1, -0.05) is 110 Å². The van der Waals surface area contributed by atoms with Crippen molar-refractivity contribution in [3.63, 3.8) is 0 Å². The van der Waals surface area contributed by atoms with Crippen LogP contribution in [0.1, 0.15) is 49.7 Å². The Kier molecular flexibility index (Phi) is 9.06. The average molecular weight is 689 g/mol. The fourth-order valence-electron chi connectivity index (χ4n) is 8.87. The minimum Gasteiger partial charge on any atom is -0.372 e. The van der Waals surface area contributed by atoms with Gasteiger partial charge in [0.2, 0.25) is 0 Å². The van der Waals surface area contributed by atoms with Gasteiger partial charge in [0, 0.05) is 37.6 Å². The van der Waals surface area contributed by atoms with E-state index in [1.54, 1.807) is 0 Å². The lowest BCUT2D eigenvalue weighted by molar-refractivity contribution is 0.578. The molecule has 2 heteroatoms. The predicted molar refractivity (Wildman–Crippen MR) is 231 cm³/mol. The van der Waals surface area contributed by atoms with Gasteiger partial charge < -0.3 is 9.80 Å². The van der Waals surface area contributed by atoms with Crippen LogP contribution in [0.3, 0.4) is 0 Å². The highest BCUT2D eigenvalue weighted by Crippen LogP contribution is 2.47. The Morgan fingerprint density at radius 3 is 1.64 bits per heavy atom. The lowest BCUT2D eigenvalue weighted by Gasteiger charge is -2.30. The van der Waals surface area contributed by atoms with E-state index in [0.717, 1.165) is 26.2 Å². The summed E-state index contributed by atoms with van der Waals surface area (Å²) >= 11 is 0. The summed E-state index contributed by atoms with van der Waals surface area (Å²) in [5.41, 5.74) is 12.8. The third kappa shape index (κ3) is 6.42. The molecule has 0 amide bonds. The minimum atomic E-state index is 1.13. The number of hydrogen-bond acceptors (Lipinski definition) is 2. The van der Waals surface area contributed by atoms with Gasteiger partial charge in [-0.05, 0) is 159 Å². The summed E-state index contributed by atoms with van der Waals surface area (Å²) in [4.78, 5) is 5.20. The van der Waals surface area contributed by atoms with Crippen molar-refractivity contribution < 1.29 is 0 Å². The molecule has 0 bridgehead atoms. The number of allylic oxidation sites excluding steroid dienone is 2. The molecule has 0 unspecified atom stereocenters. The molecule has 0 aliphatic carbocycles. The molecule has 262 valence electrons. The summed E-state index contributed by atoms with van der Waals surface area (Å²) in [7, 11) is 0. The summed E-state index contributed by atoms with van der Waals surface area (Å²) in [6.45, 7) is 10.5. The maximum Gasteiger partial charge on any atom is 0.0372 e. The van der Waals surface area contributed by atoms with Gasteiger partial charge in [0.1, 0.15) is 0 Å². The molecule has 0 saturated carbocycles. The van der Waals surface area contributed by atoms with Crippen molar-refractivity contribution in [2.24, 2.45) is 0 Å². The van der Waals surface area contributed by atoms with Crippen LogP contribution in [0.25, 0.3) is 71.8 Å². The van der Waals surface area contributed by atoms with Gasteiger partial charge >= 0.3 is 0 Å². The Hall–Kier alpha value is -5.60. The Morgan fingerprint density at radius 2 is 1.02 bits per heavy atom. The van der Waals surface area contributed by atoms with Crippen molar-refractivity contribution in [3.8, 4) is 33.4 Å². The summed E-state index contributed by atoms with van der Waals surface area (Å²) in [5.74, 6) is 0. The molecular formula is C51H48N2. The molecule has 0 atom stereocenters. The molecule has 7 aromatic rings. The number of anilines is 2. The topological polar surface area (TPSA) is 6.48 Å². The van der Waals surface area contributed by atoms with Crippen LogP contribution in [0.2, 0.25) is 0 Å². The summed E-state index contributed by atoms with van der Waals surface area (Å²) < 4.78 is 0. The second-order valence-corrected chi connectivity index (χ2v) is 15.1. The molecule has 2 aliphatic heterocycles. The normalized spacial score (nSPS) is 15.2. The number of nitrogens with zero attached hydrogens (tertiary/aromatic N) is 2. The second-order valence-electron chi connectivity index (χ2n) is 15.1. The molecular weight excluding hydrogens is 641 g/mol. The van der Waals surface area contributed by atoms with E-state index in [1.807, 2.05) is 12.2 Å². The summed E-state index contributed by atoms with van der Waals surface area (Å²) in [6.07, 6.45) is 13.7. The Bertz CT molecular complexity index is 2490. The van der Waals surface area contributed by atoms with Crippen LogP contribution < -0.4 is 9.80 Å². The van der Waals surface area contributed by atoms with Crippen molar-refractivity contribution in [2.75, 3.05) is 36.0 Å². The first kappa shape index (κ1) is 33.3. The highest BCUT2D eigenvalue weighted by atomic mass is 15.1. The first-order valence-corrected chi connectivity index (χ1v) is 19.7. The zero-order valence-corrected chi connectivity index (χ0v) is 31.0. The number of aryl methyl sites for hydroxylation is 1. The number of fused-ring (bicyclic) bond motifs is 3. The smallest absolute Gasteiger partial charge is 0.0372 e. The van der Waals surface area contributed by atoms with Gasteiger partial charge in [-0.3, -0.25) is 0 Å². The lowest BCUT2D eigenvalue weighted by Crippen LogP contribution is -2.29. The number of hydrogen-bond donors (Lipinski definition) is 0. The first-order chi connectivity index (χ1) is 26.1. The van der Waals surface area contributed by atoms with Crippen molar-refractivity contribution in [1.29, 1.82) is 0 Å². The monoisotopic (exact) mass is 688 g/mol. The van der Waals surface area contributed by atoms with Crippen LogP contribution >= 0.6 is 0 Å². The third-order valence-corrected chi connectivity index (χ3v) is 11.8. The third-order valence-electron chi connectivity index (χ3n) is 11.8. The van der Waals surface area contributed by atoms with Gasteiger partial charge in [-0.25, -0.2) is 0 Å². The van der Waals surface area contributed by atoms with Crippen molar-refractivity contribution in [1.82, 2.24) is 0 Å². The standard InChI is InChI=1S/C51H48N2/c1-3-4-13-40-32-42(17-16-36(40)2)38-18-21-39(22-19-38)50-46-26-24-45(53-30-11-6-12-31-53)35-49(46)51(43-23-20-37-14-7-8-15-41(37)33-43)47-27-25-44(34-48(47)50)52-28-9-5-10-29-52/h3-4,7-8,13-27,32-35H,1,5-6,9-12,28-31H2,2H3/b13-4-. The maximum atomic E-state index is 3.87. The molecule has 0 radical (unpaired) electrons. The van der Waals surface area contributed by atoms with Crippen molar-refractivity contribution >= 4 is 49.8 Å². The zero-order valence-electron chi connectivity index (χ0n) is 31.0. The molecule has 53 heavy (non-hydrogen) atoms. The average Bonchev–Trinajstić information content (AvgIpc) is 3.22. The molecule has 0 aromatic heterocycles. The largest absolute Gasteiger partial charge is 0.372 e. The molecule has 2 fully saturated rings. The van der Waals surface area contributed by atoms with E-state index in [4.69, 9.17) is 0 Å². The van der Waals surface area contributed by atoms with Crippen LogP contribution in [0, 0.1) is 6.92 Å². The first-order valence-electron chi connectivity index (χ1n) is 19.7. The Labute approximate surface area is 314 Å². The van der Waals surface area contributed by atoms with Crippen molar-refractivity contribution in [2.45, 2.75) is 45.4 Å². The minimum absolute atomic E-state index is 1.13. The van der Waals surface area contributed by atoms with Crippen LogP contribution in [0.15, 0.2) is 140 Å². The Morgan fingerprint density at radius 1 is 0.472 bits per heavy atom. The Balaban J connectivity index is 1.29. The SMILES string of the molecule is C=C/C=C\c1cc(-c2ccc(-c3c4ccc(N5CCCCC5)cc4c(-c4ccc5ccccc5c4)c4ccc(N5CCCCC5)cc34)cc2)ccc1C. The van der Waals surface area contributed by atoms with E-state index < -0.39 is 0 Å². The van der Waals surface area contributed by atoms with E-state index in [9.17, 15) is 0 Å². The lowest BCUT2D eigenvalue weighted by atomic mass is 9.84. The van der Waals surface area contributed by atoms with E-state index in [-0.39, 0.29) is 0 Å². The van der Waals surface area contributed by atoms with E-state index in [2.05, 4.69) is 151 Å². The fourth-order valence-corrected chi connectivity index (χ4v) is 8.87. The van der Waals surface area contributed by atoms with Gasteiger partial charge in [0.15, 0.2) is 0 Å². The maximum absolute atomic E-state index is 3.87. The number of piperidine rings is 2. The molecule has 2 nitrogen and oxygen atoms in total. The van der Waals surface area contributed by atoms with Gasteiger partial charge in [0.05, 0.1) is 0 Å². The van der Waals surface area contributed by atoms with Crippen LogP contribution in [0.4, 0.5) is 11.4 Å². The molecule has 0 spiro atoms. The van der Waals surface area contributed by atoms with E-state index in [0.29, 0.717) is 0 Å². The van der Waals surface area contributed by atoms with Gasteiger partial charge in [-0.2, -0.15) is 0 Å². The highest BCUT2D eigenvalue weighted by molar-refractivity contribution is 6.22. The predicted octanol–water partition coefficient (Wildman–Crippen LogP) is 13.6. The molecule has 9 rings (SSSR count). The highest BCUT2D eigenvalue weighted by Gasteiger charge is 2.21. The number of rotatable bonds is 7. The zero-order chi connectivity index (χ0) is 35.7. The van der Waals surface area contributed by atoms with E-state index >= 15 is 0 Å². The molecule has 7 aromatic carbocycles. The van der Waals surface area contributed by atoms with Crippen LogP contribution in [-0.2, 0) is 0 Å². The summed E-state index contributed by atoms with van der Waals surface area (Å²) in [5, 5.41) is 7.85. The van der Waals surface area contributed by atoms with Gasteiger partial charge in [-0.15, -0.1) is 0 Å².